The van der Waals surface area contributed by atoms with Crippen molar-refractivity contribution in [3.63, 3.8) is 0 Å². The number of carbonyl (C=O) groups is 2. The van der Waals surface area contributed by atoms with Crippen LogP contribution in [0, 0.1) is 5.41 Å². The SMILES string of the molecule is CC(C)(CC(=O)O)C(=O)NCc1cccc(Br)c1. The van der Waals surface area contributed by atoms with Gasteiger partial charge in [0.15, 0.2) is 0 Å². The summed E-state index contributed by atoms with van der Waals surface area (Å²) in [6.07, 6.45) is -0.183. The topological polar surface area (TPSA) is 66.4 Å². The fraction of sp³-hybridized carbons (Fsp3) is 0.385. The van der Waals surface area contributed by atoms with E-state index >= 15 is 0 Å². The van der Waals surface area contributed by atoms with Gasteiger partial charge in [0.25, 0.3) is 0 Å². The lowest BCUT2D eigenvalue weighted by atomic mass is 9.88. The first kappa shape index (κ1) is 14.7. The molecule has 0 aliphatic carbocycles. The van der Waals surface area contributed by atoms with Gasteiger partial charge in [0, 0.05) is 11.0 Å². The molecule has 5 heteroatoms. The number of nitrogens with one attached hydrogen (secondary N) is 1. The Hall–Kier alpha value is -1.36. The number of carbonyl (C=O) groups excluding carboxylic acids is 1. The molecule has 0 heterocycles. The number of benzene rings is 1. The summed E-state index contributed by atoms with van der Waals surface area (Å²) in [5.41, 5.74) is 0.0570. The lowest BCUT2D eigenvalue weighted by Gasteiger charge is -2.21. The Balaban J connectivity index is 2.58. The zero-order chi connectivity index (χ0) is 13.8. The van der Waals surface area contributed by atoms with Gasteiger partial charge in [-0.25, -0.2) is 0 Å². The molecule has 0 radical (unpaired) electrons. The van der Waals surface area contributed by atoms with Crippen molar-refractivity contribution >= 4 is 27.8 Å². The molecule has 0 aromatic heterocycles. The number of aliphatic carboxylic acids is 1. The minimum Gasteiger partial charge on any atom is -0.481 e. The lowest BCUT2D eigenvalue weighted by molar-refractivity contribution is -0.144. The van der Waals surface area contributed by atoms with Crippen LogP contribution in [0.5, 0.6) is 0 Å². The first-order valence-corrected chi connectivity index (χ1v) is 6.35. The van der Waals surface area contributed by atoms with Crippen LogP contribution in [-0.4, -0.2) is 17.0 Å². The van der Waals surface area contributed by atoms with E-state index < -0.39 is 11.4 Å². The molecular formula is C13H16BrNO3. The Morgan fingerprint density at radius 3 is 2.61 bits per heavy atom. The summed E-state index contributed by atoms with van der Waals surface area (Å²) in [5, 5.41) is 11.5. The van der Waals surface area contributed by atoms with Crippen molar-refractivity contribution < 1.29 is 14.7 Å². The minimum atomic E-state index is -0.974. The third-order valence-corrected chi connectivity index (χ3v) is 3.04. The van der Waals surface area contributed by atoms with Gasteiger partial charge in [-0.3, -0.25) is 9.59 Å². The predicted molar refractivity (Wildman–Crippen MR) is 72.0 cm³/mol. The first-order chi connectivity index (χ1) is 8.31. The second kappa shape index (κ2) is 6.00. The average Bonchev–Trinajstić information content (AvgIpc) is 2.24. The van der Waals surface area contributed by atoms with Gasteiger partial charge in [0.1, 0.15) is 0 Å². The van der Waals surface area contributed by atoms with E-state index in [4.69, 9.17) is 5.11 Å². The van der Waals surface area contributed by atoms with Gasteiger partial charge in [0.2, 0.25) is 5.91 Å². The highest BCUT2D eigenvalue weighted by atomic mass is 79.9. The summed E-state index contributed by atoms with van der Waals surface area (Å²) in [6, 6.07) is 7.59. The lowest BCUT2D eigenvalue weighted by Crippen LogP contribution is -2.37. The van der Waals surface area contributed by atoms with E-state index in [9.17, 15) is 9.59 Å². The van der Waals surface area contributed by atoms with Crippen molar-refractivity contribution in [3.05, 3.63) is 34.3 Å². The Morgan fingerprint density at radius 2 is 2.06 bits per heavy atom. The Labute approximate surface area is 115 Å². The second-order valence-electron chi connectivity index (χ2n) is 4.77. The molecule has 4 nitrogen and oxygen atoms in total. The molecule has 98 valence electrons. The third kappa shape index (κ3) is 4.49. The maximum atomic E-state index is 11.9. The molecule has 18 heavy (non-hydrogen) atoms. The summed E-state index contributed by atoms with van der Waals surface area (Å²) in [4.78, 5) is 22.5. The molecule has 0 spiro atoms. The van der Waals surface area contributed by atoms with Gasteiger partial charge in [-0.05, 0) is 17.7 Å². The second-order valence-corrected chi connectivity index (χ2v) is 5.68. The molecule has 1 aromatic carbocycles. The van der Waals surface area contributed by atoms with E-state index in [1.807, 2.05) is 24.3 Å². The van der Waals surface area contributed by atoms with Gasteiger partial charge in [-0.1, -0.05) is 41.9 Å². The molecular weight excluding hydrogens is 298 g/mol. The van der Waals surface area contributed by atoms with Crippen LogP contribution in [0.3, 0.4) is 0 Å². The van der Waals surface area contributed by atoms with E-state index in [1.54, 1.807) is 13.8 Å². The number of rotatable bonds is 5. The number of halogens is 1. The molecule has 0 aliphatic rings. The fourth-order valence-electron chi connectivity index (χ4n) is 1.53. The Kier molecular flexibility index (Phi) is 4.90. The molecule has 1 rings (SSSR count). The van der Waals surface area contributed by atoms with Crippen LogP contribution in [-0.2, 0) is 16.1 Å². The van der Waals surface area contributed by atoms with Crippen molar-refractivity contribution in [1.82, 2.24) is 5.32 Å². The maximum absolute atomic E-state index is 11.9. The normalized spacial score (nSPS) is 11.1. The monoisotopic (exact) mass is 313 g/mol. The van der Waals surface area contributed by atoms with E-state index in [1.165, 1.54) is 0 Å². The molecule has 0 saturated heterocycles. The van der Waals surface area contributed by atoms with Crippen LogP contribution in [0.4, 0.5) is 0 Å². The highest BCUT2D eigenvalue weighted by molar-refractivity contribution is 9.10. The summed E-state index contributed by atoms with van der Waals surface area (Å²) in [5.74, 6) is -1.23. The van der Waals surface area contributed by atoms with E-state index in [2.05, 4.69) is 21.2 Å². The first-order valence-electron chi connectivity index (χ1n) is 5.56. The number of carboxylic acid groups (broad SMARTS) is 1. The van der Waals surface area contributed by atoms with Gasteiger partial charge in [-0.15, -0.1) is 0 Å². The van der Waals surface area contributed by atoms with Crippen molar-refractivity contribution in [2.24, 2.45) is 5.41 Å². The van der Waals surface area contributed by atoms with Crippen molar-refractivity contribution in [2.75, 3.05) is 0 Å². The highest BCUT2D eigenvalue weighted by Crippen LogP contribution is 2.20. The van der Waals surface area contributed by atoms with Crippen LogP contribution in [0.15, 0.2) is 28.7 Å². The molecule has 0 aliphatic heterocycles. The van der Waals surface area contributed by atoms with E-state index in [0.29, 0.717) is 6.54 Å². The Bertz CT molecular complexity index is 457. The third-order valence-electron chi connectivity index (χ3n) is 2.55. The quantitative estimate of drug-likeness (QED) is 0.878. The van der Waals surface area contributed by atoms with Crippen LogP contribution >= 0.6 is 15.9 Å². The fourth-order valence-corrected chi connectivity index (χ4v) is 1.97. The maximum Gasteiger partial charge on any atom is 0.304 e. The molecule has 0 bridgehead atoms. The van der Waals surface area contributed by atoms with Crippen LogP contribution in [0.25, 0.3) is 0 Å². The predicted octanol–water partition coefficient (Wildman–Crippen LogP) is 2.57. The number of hydrogen-bond acceptors (Lipinski definition) is 2. The molecule has 0 atom stereocenters. The Morgan fingerprint density at radius 1 is 1.39 bits per heavy atom. The van der Waals surface area contributed by atoms with Crippen molar-refractivity contribution in [2.45, 2.75) is 26.8 Å². The summed E-state index contributed by atoms with van der Waals surface area (Å²) >= 11 is 3.35. The summed E-state index contributed by atoms with van der Waals surface area (Å²) in [6.45, 7) is 3.63. The van der Waals surface area contributed by atoms with Gasteiger partial charge in [-0.2, -0.15) is 0 Å². The molecule has 0 unspecified atom stereocenters. The van der Waals surface area contributed by atoms with Crippen molar-refractivity contribution in [1.29, 1.82) is 0 Å². The van der Waals surface area contributed by atoms with Crippen LogP contribution in [0.1, 0.15) is 25.8 Å². The van der Waals surface area contributed by atoms with Crippen LogP contribution in [0.2, 0.25) is 0 Å². The zero-order valence-electron chi connectivity index (χ0n) is 10.4. The summed E-state index contributed by atoms with van der Waals surface area (Å²) in [7, 11) is 0. The largest absolute Gasteiger partial charge is 0.481 e. The van der Waals surface area contributed by atoms with E-state index in [-0.39, 0.29) is 12.3 Å². The minimum absolute atomic E-state index is 0.183. The van der Waals surface area contributed by atoms with E-state index in [0.717, 1.165) is 10.0 Å². The van der Waals surface area contributed by atoms with Crippen molar-refractivity contribution in [3.8, 4) is 0 Å². The highest BCUT2D eigenvalue weighted by Gasteiger charge is 2.30. The molecule has 1 aromatic rings. The molecule has 1 amide bonds. The summed E-state index contributed by atoms with van der Waals surface area (Å²) < 4.78 is 0.944. The number of carboxylic acids is 1. The smallest absolute Gasteiger partial charge is 0.304 e. The molecule has 0 saturated carbocycles. The average molecular weight is 314 g/mol. The van der Waals surface area contributed by atoms with Gasteiger partial charge in [0.05, 0.1) is 11.8 Å². The molecule has 2 N–H and O–H groups in total. The van der Waals surface area contributed by atoms with Gasteiger partial charge >= 0.3 is 5.97 Å². The van der Waals surface area contributed by atoms with Crippen LogP contribution < -0.4 is 5.32 Å². The standard InChI is InChI=1S/C13H16BrNO3/c1-13(2,7-11(16)17)12(18)15-8-9-4-3-5-10(14)6-9/h3-6H,7-8H2,1-2H3,(H,15,18)(H,16,17). The number of hydrogen-bond donors (Lipinski definition) is 2. The van der Waals surface area contributed by atoms with Gasteiger partial charge < -0.3 is 10.4 Å². The number of amides is 1. The molecule has 0 fully saturated rings. The zero-order valence-corrected chi connectivity index (χ0v) is 12.0.